The van der Waals surface area contributed by atoms with Gasteiger partial charge in [0.05, 0.1) is 7.11 Å². The van der Waals surface area contributed by atoms with Crippen LogP contribution in [0.25, 0.3) is 0 Å². The lowest BCUT2D eigenvalue weighted by atomic mass is 10.1. The minimum absolute atomic E-state index is 0.0812. The first-order valence-corrected chi connectivity index (χ1v) is 6.61. The lowest BCUT2D eigenvalue weighted by molar-refractivity contribution is 0.236. The molecule has 0 fully saturated rings. The van der Waals surface area contributed by atoms with Gasteiger partial charge in [-0.3, -0.25) is 0 Å². The van der Waals surface area contributed by atoms with Gasteiger partial charge < -0.3 is 20.5 Å². The van der Waals surface area contributed by atoms with E-state index in [1.165, 1.54) is 7.11 Å². The molecule has 0 aromatic heterocycles. The number of methoxy groups -OCH3 is 1. The van der Waals surface area contributed by atoms with Gasteiger partial charge in [0.15, 0.2) is 11.5 Å². The summed E-state index contributed by atoms with van der Waals surface area (Å²) in [5.41, 5.74) is 0.853. The van der Waals surface area contributed by atoms with Crippen molar-refractivity contribution in [1.82, 2.24) is 10.6 Å². The number of phenolic OH excluding ortho intramolecular Hbond substituents is 1. The van der Waals surface area contributed by atoms with Crippen molar-refractivity contribution >= 4 is 6.03 Å². The number of phenols is 1. The maximum Gasteiger partial charge on any atom is 0.315 e. The van der Waals surface area contributed by atoms with E-state index in [4.69, 9.17) is 4.74 Å². The second-order valence-corrected chi connectivity index (χ2v) is 4.46. The lowest BCUT2D eigenvalue weighted by Crippen LogP contribution is -2.41. The molecule has 5 heteroatoms. The number of hydrogen-bond donors (Lipinski definition) is 3. The fourth-order valence-corrected chi connectivity index (χ4v) is 1.78. The SMILES string of the molecule is C=CCC(CC)NC(=O)NCc1ccc(O)c(OC)c1. The highest BCUT2D eigenvalue weighted by molar-refractivity contribution is 5.74. The van der Waals surface area contributed by atoms with Gasteiger partial charge in [0.1, 0.15) is 0 Å². The van der Waals surface area contributed by atoms with Crippen molar-refractivity contribution in [1.29, 1.82) is 0 Å². The number of aromatic hydroxyl groups is 1. The molecule has 0 bridgehead atoms. The standard InChI is InChI=1S/C15H22N2O3/c1-4-6-12(5-2)17-15(19)16-10-11-7-8-13(18)14(9-11)20-3/h4,7-9,12,18H,1,5-6,10H2,2-3H3,(H2,16,17,19). The molecule has 1 aromatic carbocycles. The molecule has 5 nitrogen and oxygen atoms in total. The Balaban J connectivity index is 2.50. The second-order valence-electron chi connectivity index (χ2n) is 4.46. The van der Waals surface area contributed by atoms with Crippen LogP contribution in [0.1, 0.15) is 25.3 Å². The quantitative estimate of drug-likeness (QED) is 0.671. The number of nitrogens with one attached hydrogen (secondary N) is 2. The van der Waals surface area contributed by atoms with Crippen LogP contribution in [0.3, 0.4) is 0 Å². The Hall–Kier alpha value is -2.17. The van der Waals surface area contributed by atoms with Gasteiger partial charge in [-0.2, -0.15) is 0 Å². The number of rotatable bonds is 7. The Labute approximate surface area is 119 Å². The Morgan fingerprint density at radius 2 is 2.30 bits per heavy atom. The number of urea groups is 1. The first-order valence-electron chi connectivity index (χ1n) is 6.61. The van der Waals surface area contributed by atoms with Crippen molar-refractivity contribution in [2.75, 3.05) is 7.11 Å². The first-order chi connectivity index (χ1) is 9.60. The molecule has 2 amide bonds. The minimum atomic E-state index is -0.217. The van der Waals surface area contributed by atoms with Gasteiger partial charge in [-0.15, -0.1) is 6.58 Å². The molecule has 0 saturated carbocycles. The summed E-state index contributed by atoms with van der Waals surface area (Å²) in [5.74, 6) is 0.473. The Morgan fingerprint density at radius 3 is 2.90 bits per heavy atom. The van der Waals surface area contributed by atoms with Crippen molar-refractivity contribution in [3.8, 4) is 11.5 Å². The zero-order chi connectivity index (χ0) is 15.0. The summed E-state index contributed by atoms with van der Waals surface area (Å²) in [6, 6.07) is 4.85. The third kappa shape index (κ3) is 4.84. The van der Waals surface area contributed by atoms with Crippen LogP contribution < -0.4 is 15.4 Å². The fourth-order valence-electron chi connectivity index (χ4n) is 1.78. The molecule has 0 saturated heterocycles. The van der Waals surface area contributed by atoms with Crippen LogP contribution in [0.2, 0.25) is 0 Å². The third-order valence-electron chi connectivity index (χ3n) is 2.98. The van der Waals surface area contributed by atoms with Gasteiger partial charge in [-0.1, -0.05) is 19.1 Å². The summed E-state index contributed by atoms with van der Waals surface area (Å²) in [4.78, 5) is 11.7. The van der Waals surface area contributed by atoms with Crippen LogP contribution in [-0.2, 0) is 6.54 Å². The Kier molecular flexibility index (Phi) is 6.43. The van der Waals surface area contributed by atoms with Crippen molar-refractivity contribution in [3.63, 3.8) is 0 Å². The van der Waals surface area contributed by atoms with E-state index in [-0.39, 0.29) is 17.8 Å². The topological polar surface area (TPSA) is 70.6 Å². The molecule has 0 heterocycles. The number of carbonyl (C=O) groups excluding carboxylic acids is 1. The van der Waals surface area contributed by atoms with Crippen LogP contribution in [0.4, 0.5) is 4.79 Å². The largest absolute Gasteiger partial charge is 0.504 e. The third-order valence-corrected chi connectivity index (χ3v) is 2.98. The number of amides is 2. The first kappa shape index (κ1) is 15.9. The number of benzene rings is 1. The summed E-state index contributed by atoms with van der Waals surface area (Å²) < 4.78 is 5.02. The molecule has 3 N–H and O–H groups in total. The van der Waals surface area contributed by atoms with Gasteiger partial charge in [0.25, 0.3) is 0 Å². The van der Waals surface area contributed by atoms with Crippen LogP contribution in [0.5, 0.6) is 11.5 Å². The zero-order valence-corrected chi connectivity index (χ0v) is 12.0. The second kappa shape index (κ2) is 8.09. The van der Waals surface area contributed by atoms with Crippen molar-refractivity contribution < 1.29 is 14.6 Å². The van der Waals surface area contributed by atoms with Crippen LogP contribution in [0.15, 0.2) is 30.9 Å². The highest BCUT2D eigenvalue weighted by atomic mass is 16.5. The van der Waals surface area contributed by atoms with Gasteiger partial charge in [-0.25, -0.2) is 4.79 Å². The average Bonchev–Trinajstić information content (AvgIpc) is 2.45. The normalized spacial score (nSPS) is 11.5. The van der Waals surface area contributed by atoms with Crippen LogP contribution >= 0.6 is 0 Å². The van der Waals surface area contributed by atoms with E-state index in [0.29, 0.717) is 12.3 Å². The molecule has 0 aliphatic carbocycles. The highest BCUT2D eigenvalue weighted by Gasteiger charge is 2.09. The monoisotopic (exact) mass is 278 g/mol. The van der Waals surface area contributed by atoms with E-state index < -0.39 is 0 Å². The van der Waals surface area contributed by atoms with Crippen LogP contribution in [-0.4, -0.2) is 24.3 Å². The summed E-state index contributed by atoms with van der Waals surface area (Å²) in [6.45, 7) is 6.05. The summed E-state index contributed by atoms with van der Waals surface area (Å²) in [5, 5.41) is 15.1. The summed E-state index contributed by atoms with van der Waals surface area (Å²) >= 11 is 0. The summed E-state index contributed by atoms with van der Waals surface area (Å²) in [6.07, 6.45) is 3.39. The lowest BCUT2D eigenvalue weighted by Gasteiger charge is -2.16. The van der Waals surface area contributed by atoms with Crippen molar-refractivity contribution in [2.24, 2.45) is 0 Å². The fraction of sp³-hybridized carbons (Fsp3) is 0.400. The number of ether oxygens (including phenoxy) is 1. The molecule has 110 valence electrons. The molecular weight excluding hydrogens is 256 g/mol. The zero-order valence-electron chi connectivity index (χ0n) is 12.0. The van der Waals surface area contributed by atoms with E-state index >= 15 is 0 Å². The van der Waals surface area contributed by atoms with Gasteiger partial charge in [-0.05, 0) is 30.5 Å². The van der Waals surface area contributed by atoms with E-state index in [2.05, 4.69) is 17.2 Å². The smallest absolute Gasteiger partial charge is 0.315 e. The van der Waals surface area contributed by atoms with Crippen molar-refractivity contribution in [3.05, 3.63) is 36.4 Å². The predicted molar refractivity (Wildman–Crippen MR) is 78.9 cm³/mol. The van der Waals surface area contributed by atoms with Gasteiger partial charge in [0.2, 0.25) is 0 Å². The number of hydrogen-bond acceptors (Lipinski definition) is 3. The highest BCUT2D eigenvalue weighted by Crippen LogP contribution is 2.26. The summed E-state index contributed by atoms with van der Waals surface area (Å²) in [7, 11) is 1.49. The van der Waals surface area contributed by atoms with E-state index in [1.54, 1.807) is 24.3 Å². The molecular formula is C15H22N2O3. The van der Waals surface area contributed by atoms with Crippen molar-refractivity contribution in [2.45, 2.75) is 32.4 Å². The van der Waals surface area contributed by atoms with Crippen LogP contribution in [0, 0.1) is 0 Å². The predicted octanol–water partition coefficient (Wildman–Crippen LogP) is 2.55. The maximum atomic E-state index is 11.7. The molecule has 0 aliphatic rings. The maximum absolute atomic E-state index is 11.7. The Bertz CT molecular complexity index is 460. The molecule has 0 aliphatic heterocycles. The average molecular weight is 278 g/mol. The van der Waals surface area contributed by atoms with E-state index in [1.807, 2.05) is 6.92 Å². The molecule has 0 radical (unpaired) electrons. The Morgan fingerprint density at radius 1 is 1.55 bits per heavy atom. The molecule has 1 atom stereocenters. The molecule has 0 spiro atoms. The number of carbonyl (C=O) groups is 1. The van der Waals surface area contributed by atoms with E-state index in [0.717, 1.165) is 18.4 Å². The van der Waals surface area contributed by atoms with Gasteiger partial charge >= 0.3 is 6.03 Å². The van der Waals surface area contributed by atoms with E-state index in [9.17, 15) is 9.90 Å². The molecule has 20 heavy (non-hydrogen) atoms. The molecule has 1 unspecified atom stereocenters. The van der Waals surface area contributed by atoms with Gasteiger partial charge in [0, 0.05) is 12.6 Å². The minimum Gasteiger partial charge on any atom is -0.504 e. The molecule has 1 rings (SSSR count). The molecule has 1 aromatic rings.